The number of alkyl halides is 3. The minimum absolute atomic E-state index is 0.454. The molecule has 0 aromatic heterocycles. The van der Waals surface area contributed by atoms with E-state index in [2.05, 4.69) is 30.0 Å². The second-order valence-electron chi connectivity index (χ2n) is 3.44. The zero-order valence-electron chi connectivity index (χ0n) is 9.31. The van der Waals surface area contributed by atoms with E-state index in [4.69, 9.17) is 11.5 Å². The van der Waals surface area contributed by atoms with Crippen LogP contribution in [0.5, 0.6) is 0 Å². The minimum atomic E-state index is -5.36. The number of thiol groups is 2. The van der Waals surface area contributed by atoms with Crippen molar-refractivity contribution in [2.24, 2.45) is 17.4 Å². The average molecular weight is 320 g/mol. The summed E-state index contributed by atoms with van der Waals surface area (Å²) in [6.45, 7) is 0. The van der Waals surface area contributed by atoms with Gasteiger partial charge in [-0.3, -0.25) is 9.59 Å². The van der Waals surface area contributed by atoms with Crippen molar-refractivity contribution in [1.29, 1.82) is 0 Å². The predicted octanol–water partition coefficient (Wildman–Crippen LogP) is -0.723. The smallest absolute Gasteiger partial charge is 0.440 e. The van der Waals surface area contributed by atoms with E-state index in [0.717, 1.165) is 0 Å². The van der Waals surface area contributed by atoms with Crippen LogP contribution in [0.1, 0.15) is 0 Å². The molecule has 0 rings (SSSR count). The van der Waals surface area contributed by atoms with Gasteiger partial charge in [-0.25, -0.2) is 4.79 Å². The quantitative estimate of drug-likeness (QED) is 0.382. The Kier molecular flexibility index (Phi) is 6.00. The summed E-state index contributed by atoms with van der Waals surface area (Å²) >= 11 is 7.29. The lowest BCUT2D eigenvalue weighted by Gasteiger charge is -2.33. The van der Waals surface area contributed by atoms with E-state index in [1.807, 2.05) is 0 Å². The molecule has 0 aliphatic heterocycles. The molecule has 6 nitrogen and oxygen atoms in total. The van der Waals surface area contributed by atoms with Crippen molar-refractivity contribution in [2.75, 3.05) is 11.5 Å². The Hall–Kier alpha value is -1.10. The molecule has 0 aliphatic carbocycles. The van der Waals surface area contributed by atoms with E-state index in [1.54, 1.807) is 0 Å². The van der Waals surface area contributed by atoms with E-state index in [1.165, 1.54) is 0 Å². The molecule has 0 aliphatic rings. The molecule has 0 saturated carbocycles. The number of esters is 1. The number of amides is 2. The summed E-state index contributed by atoms with van der Waals surface area (Å²) in [6, 6.07) is 0. The van der Waals surface area contributed by atoms with E-state index < -0.39 is 47.0 Å². The van der Waals surface area contributed by atoms with Crippen LogP contribution in [-0.4, -0.2) is 41.1 Å². The van der Waals surface area contributed by atoms with Crippen molar-refractivity contribution >= 4 is 43.0 Å². The monoisotopic (exact) mass is 320 g/mol. The van der Waals surface area contributed by atoms with Gasteiger partial charge < -0.3 is 16.2 Å². The van der Waals surface area contributed by atoms with Crippen molar-refractivity contribution in [1.82, 2.24) is 0 Å². The third-order valence-electron chi connectivity index (χ3n) is 2.25. The normalized spacial score (nSPS) is 16.3. The van der Waals surface area contributed by atoms with Crippen LogP contribution in [-0.2, 0) is 19.1 Å². The van der Waals surface area contributed by atoms with Gasteiger partial charge in [-0.05, 0) is 0 Å². The number of carbonyl (C=O) groups is 3. The molecule has 0 fully saturated rings. The molecule has 0 radical (unpaired) electrons. The zero-order chi connectivity index (χ0) is 15.4. The highest BCUT2D eigenvalue weighted by atomic mass is 32.1. The van der Waals surface area contributed by atoms with Crippen LogP contribution >= 0.6 is 25.3 Å². The Morgan fingerprint density at radius 3 is 1.84 bits per heavy atom. The fraction of sp³-hybridized carbons (Fsp3) is 0.625. The fourth-order valence-electron chi connectivity index (χ4n) is 1.20. The molecule has 1 unspecified atom stereocenters. The maximum atomic E-state index is 12.2. The number of hydrogen-bond acceptors (Lipinski definition) is 6. The largest absolute Gasteiger partial charge is 0.490 e. The third kappa shape index (κ3) is 3.93. The average Bonchev–Trinajstić information content (AvgIpc) is 2.25. The van der Waals surface area contributed by atoms with Gasteiger partial charge >= 0.3 is 12.1 Å². The standard InChI is InChI=1S/C8H11F3N2O4S2/c9-8(10,11)6(16)17-7(2-19,5(13)15)3(1-18)4(12)14/h3,18-19H,1-2H2,(H2,12,14)(H2,13,15)/t3-,7?/m0/s1. The molecule has 2 atom stereocenters. The summed E-state index contributed by atoms with van der Waals surface area (Å²) < 4.78 is 40.5. The molecular weight excluding hydrogens is 309 g/mol. The summed E-state index contributed by atoms with van der Waals surface area (Å²) in [7, 11) is 0. The van der Waals surface area contributed by atoms with Crippen molar-refractivity contribution in [3.8, 4) is 0 Å². The topological polar surface area (TPSA) is 112 Å². The number of hydrogen-bond donors (Lipinski definition) is 4. The van der Waals surface area contributed by atoms with Gasteiger partial charge in [0.05, 0.1) is 5.92 Å². The molecular formula is C8H11F3N2O4S2. The van der Waals surface area contributed by atoms with Gasteiger partial charge in [0.15, 0.2) is 0 Å². The maximum absolute atomic E-state index is 12.2. The van der Waals surface area contributed by atoms with Crippen molar-refractivity contribution in [2.45, 2.75) is 11.8 Å². The number of ether oxygens (including phenoxy) is 1. The number of nitrogens with two attached hydrogens (primary N) is 2. The zero-order valence-corrected chi connectivity index (χ0v) is 11.1. The first-order chi connectivity index (χ1) is 8.52. The van der Waals surface area contributed by atoms with Gasteiger partial charge in [0.1, 0.15) is 0 Å². The van der Waals surface area contributed by atoms with Crippen LogP contribution in [0.3, 0.4) is 0 Å². The molecule has 0 heterocycles. The third-order valence-corrected chi connectivity index (χ3v) is 3.08. The Balaban J connectivity index is 5.60. The van der Waals surface area contributed by atoms with E-state index in [0.29, 0.717) is 0 Å². The van der Waals surface area contributed by atoms with Gasteiger partial charge in [0, 0.05) is 11.5 Å². The molecule has 0 spiro atoms. The van der Waals surface area contributed by atoms with Crippen LogP contribution in [0.4, 0.5) is 13.2 Å². The van der Waals surface area contributed by atoms with Gasteiger partial charge in [-0.1, -0.05) is 0 Å². The Bertz CT molecular complexity index is 391. The number of carbonyl (C=O) groups excluding carboxylic acids is 3. The Morgan fingerprint density at radius 2 is 1.63 bits per heavy atom. The highest BCUT2D eigenvalue weighted by molar-refractivity contribution is 7.80. The second kappa shape index (κ2) is 6.37. The van der Waals surface area contributed by atoms with Crippen LogP contribution in [0, 0.1) is 5.92 Å². The SMILES string of the molecule is NC(=O)[C@H](CS)C(CS)(OC(=O)C(F)(F)F)C(N)=O. The molecule has 110 valence electrons. The summed E-state index contributed by atoms with van der Waals surface area (Å²) in [4.78, 5) is 33.3. The lowest BCUT2D eigenvalue weighted by molar-refractivity contribution is -0.215. The minimum Gasteiger partial charge on any atom is -0.440 e. The maximum Gasteiger partial charge on any atom is 0.490 e. The van der Waals surface area contributed by atoms with Gasteiger partial charge in [0.2, 0.25) is 11.5 Å². The highest BCUT2D eigenvalue weighted by Crippen LogP contribution is 2.29. The highest BCUT2D eigenvalue weighted by Gasteiger charge is 2.54. The van der Waals surface area contributed by atoms with Gasteiger partial charge in [0.25, 0.3) is 5.91 Å². The summed E-state index contributed by atoms with van der Waals surface area (Å²) in [5, 5.41) is 0. The van der Waals surface area contributed by atoms with Crippen molar-refractivity contribution in [3.63, 3.8) is 0 Å². The molecule has 4 N–H and O–H groups in total. The first-order valence-electron chi connectivity index (χ1n) is 4.64. The molecule has 2 amide bonds. The lowest BCUT2D eigenvalue weighted by atomic mass is 9.88. The van der Waals surface area contributed by atoms with Crippen molar-refractivity contribution in [3.05, 3.63) is 0 Å². The number of primary amides is 2. The summed E-state index contributed by atoms with van der Waals surface area (Å²) in [6.07, 6.45) is -5.36. The van der Waals surface area contributed by atoms with Crippen LogP contribution in [0.15, 0.2) is 0 Å². The van der Waals surface area contributed by atoms with Crippen LogP contribution < -0.4 is 11.5 Å². The number of rotatable bonds is 6. The molecule has 0 saturated heterocycles. The molecule has 11 heteroatoms. The van der Waals surface area contributed by atoms with Crippen molar-refractivity contribution < 1.29 is 32.3 Å². The van der Waals surface area contributed by atoms with Crippen LogP contribution in [0.2, 0.25) is 0 Å². The fourth-order valence-corrected chi connectivity index (χ4v) is 2.12. The van der Waals surface area contributed by atoms with Gasteiger partial charge in [-0.15, -0.1) is 0 Å². The first-order valence-corrected chi connectivity index (χ1v) is 5.90. The van der Waals surface area contributed by atoms with Crippen LogP contribution in [0.25, 0.3) is 0 Å². The molecule has 0 aromatic rings. The predicted molar refractivity (Wildman–Crippen MR) is 64.5 cm³/mol. The Morgan fingerprint density at radius 1 is 1.16 bits per heavy atom. The summed E-state index contributed by atoms with van der Waals surface area (Å²) in [5.41, 5.74) is 7.24. The van der Waals surface area contributed by atoms with E-state index in [9.17, 15) is 27.6 Å². The van der Waals surface area contributed by atoms with E-state index in [-0.39, 0.29) is 0 Å². The molecule has 0 bridgehead atoms. The second-order valence-corrected chi connectivity index (χ2v) is 4.12. The number of halogens is 3. The molecule has 19 heavy (non-hydrogen) atoms. The van der Waals surface area contributed by atoms with Gasteiger partial charge in [-0.2, -0.15) is 38.4 Å². The van der Waals surface area contributed by atoms with E-state index >= 15 is 0 Å². The first kappa shape index (κ1) is 17.9. The summed E-state index contributed by atoms with van der Waals surface area (Å²) in [5.74, 6) is -8.19. The lowest BCUT2D eigenvalue weighted by Crippen LogP contribution is -2.60. The Labute approximate surface area is 116 Å². The molecule has 0 aromatic carbocycles.